The van der Waals surface area contributed by atoms with E-state index in [1.807, 2.05) is 6.07 Å². The SMILES string of the molecule is COC(=O)c1cnc(-c2ccc(Cl)cc2Br)[nH]1. The number of aromatic nitrogens is 2. The molecule has 0 aliphatic heterocycles. The molecule has 1 aromatic carbocycles. The first-order chi connectivity index (χ1) is 8.11. The molecule has 0 amide bonds. The lowest BCUT2D eigenvalue weighted by molar-refractivity contribution is 0.0595. The molecule has 1 heterocycles. The normalized spacial score (nSPS) is 10.3. The first-order valence-corrected chi connectivity index (χ1v) is 5.87. The van der Waals surface area contributed by atoms with Gasteiger partial charge in [0.2, 0.25) is 0 Å². The van der Waals surface area contributed by atoms with Gasteiger partial charge in [-0.15, -0.1) is 0 Å². The average molecular weight is 316 g/mol. The molecule has 0 radical (unpaired) electrons. The van der Waals surface area contributed by atoms with E-state index in [4.69, 9.17) is 11.6 Å². The Morgan fingerprint density at radius 1 is 1.53 bits per heavy atom. The predicted molar refractivity (Wildman–Crippen MR) is 68.1 cm³/mol. The smallest absolute Gasteiger partial charge is 0.356 e. The summed E-state index contributed by atoms with van der Waals surface area (Å²) < 4.78 is 5.39. The first kappa shape index (κ1) is 12.1. The van der Waals surface area contributed by atoms with Gasteiger partial charge in [0.15, 0.2) is 0 Å². The van der Waals surface area contributed by atoms with E-state index in [-0.39, 0.29) is 0 Å². The highest BCUT2D eigenvalue weighted by atomic mass is 79.9. The molecule has 0 bridgehead atoms. The number of methoxy groups -OCH3 is 1. The summed E-state index contributed by atoms with van der Waals surface area (Å²) in [4.78, 5) is 18.3. The van der Waals surface area contributed by atoms with Gasteiger partial charge >= 0.3 is 5.97 Å². The van der Waals surface area contributed by atoms with Crippen molar-refractivity contribution in [2.45, 2.75) is 0 Å². The zero-order valence-corrected chi connectivity index (χ0v) is 11.2. The molecule has 2 rings (SSSR count). The number of carbonyl (C=O) groups excluding carboxylic acids is 1. The third-order valence-electron chi connectivity index (χ3n) is 2.17. The van der Waals surface area contributed by atoms with Crippen LogP contribution < -0.4 is 0 Å². The van der Waals surface area contributed by atoms with Crippen LogP contribution in [0.1, 0.15) is 10.5 Å². The van der Waals surface area contributed by atoms with Crippen LogP contribution in [0.3, 0.4) is 0 Å². The van der Waals surface area contributed by atoms with Crippen LogP contribution in [-0.4, -0.2) is 23.0 Å². The Bertz CT molecular complexity index is 568. The van der Waals surface area contributed by atoms with Gasteiger partial charge in [0.25, 0.3) is 0 Å². The number of carbonyl (C=O) groups is 1. The third kappa shape index (κ3) is 2.50. The zero-order valence-electron chi connectivity index (χ0n) is 8.83. The Balaban J connectivity index is 2.40. The number of benzene rings is 1. The van der Waals surface area contributed by atoms with Gasteiger partial charge in [0.05, 0.1) is 13.3 Å². The van der Waals surface area contributed by atoms with E-state index in [0.717, 1.165) is 10.0 Å². The van der Waals surface area contributed by atoms with Crippen LogP contribution in [0.2, 0.25) is 5.02 Å². The number of hydrogen-bond donors (Lipinski definition) is 1. The minimum atomic E-state index is -0.450. The highest BCUT2D eigenvalue weighted by Crippen LogP contribution is 2.28. The number of halogens is 2. The number of nitrogens with one attached hydrogen (secondary N) is 1. The number of ether oxygens (including phenoxy) is 1. The van der Waals surface area contributed by atoms with Crippen LogP contribution in [0.4, 0.5) is 0 Å². The fourth-order valence-corrected chi connectivity index (χ4v) is 2.22. The summed E-state index contributed by atoms with van der Waals surface area (Å²) in [6, 6.07) is 5.32. The maximum Gasteiger partial charge on any atom is 0.356 e. The van der Waals surface area contributed by atoms with Gasteiger partial charge in [-0.3, -0.25) is 0 Å². The van der Waals surface area contributed by atoms with Crippen molar-refractivity contribution in [2.24, 2.45) is 0 Å². The molecule has 4 nitrogen and oxygen atoms in total. The number of aromatic amines is 1. The summed E-state index contributed by atoms with van der Waals surface area (Å²) in [5.74, 6) is 0.128. The second-order valence-electron chi connectivity index (χ2n) is 3.26. The molecule has 0 spiro atoms. The van der Waals surface area contributed by atoms with E-state index in [2.05, 4.69) is 30.6 Å². The van der Waals surface area contributed by atoms with Crippen molar-refractivity contribution in [1.82, 2.24) is 9.97 Å². The van der Waals surface area contributed by atoms with E-state index in [0.29, 0.717) is 16.5 Å². The molecule has 88 valence electrons. The second-order valence-corrected chi connectivity index (χ2v) is 4.55. The molecule has 0 fully saturated rings. The standard InChI is InChI=1S/C11H8BrClN2O2/c1-17-11(16)9-5-14-10(15-9)7-3-2-6(13)4-8(7)12/h2-5H,1H3,(H,14,15). The number of imidazole rings is 1. The first-order valence-electron chi connectivity index (χ1n) is 4.70. The van der Waals surface area contributed by atoms with Gasteiger partial charge in [0, 0.05) is 15.1 Å². The van der Waals surface area contributed by atoms with E-state index in [1.54, 1.807) is 12.1 Å². The molecular weight excluding hydrogens is 307 g/mol. The van der Waals surface area contributed by atoms with Crippen molar-refractivity contribution in [3.8, 4) is 11.4 Å². The lowest BCUT2D eigenvalue weighted by atomic mass is 10.2. The molecule has 0 saturated heterocycles. The quantitative estimate of drug-likeness (QED) is 0.865. The number of rotatable bonds is 2. The van der Waals surface area contributed by atoms with Crippen LogP contribution in [0.25, 0.3) is 11.4 Å². The summed E-state index contributed by atoms with van der Waals surface area (Å²) in [6.07, 6.45) is 1.43. The van der Waals surface area contributed by atoms with Gasteiger partial charge in [-0.1, -0.05) is 11.6 Å². The Morgan fingerprint density at radius 2 is 2.29 bits per heavy atom. The summed E-state index contributed by atoms with van der Waals surface area (Å²) >= 11 is 9.23. The average Bonchev–Trinajstić information content (AvgIpc) is 2.77. The molecule has 0 aliphatic carbocycles. The van der Waals surface area contributed by atoms with Crippen LogP contribution >= 0.6 is 27.5 Å². The Kier molecular flexibility index (Phi) is 3.49. The third-order valence-corrected chi connectivity index (χ3v) is 3.06. The van der Waals surface area contributed by atoms with Crippen LogP contribution in [-0.2, 0) is 4.74 Å². The van der Waals surface area contributed by atoms with Gasteiger partial charge < -0.3 is 9.72 Å². The van der Waals surface area contributed by atoms with E-state index < -0.39 is 5.97 Å². The molecule has 0 saturated carbocycles. The molecule has 17 heavy (non-hydrogen) atoms. The molecule has 6 heteroatoms. The van der Waals surface area contributed by atoms with Crippen molar-refractivity contribution < 1.29 is 9.53 Å². The minimum Gasteiger partial charge on any atom is -0.464 e. The summed E-state index contributed by atoms with van der Waals surface area (Å²) in [5, 5.41) is 0.625. The lowest BCUT2D eigenvalue weighted by Gasteiger charge is -2.01. The Hall–Kier alpha value is -1.33. The van der Waals surface area contributed by atoms with Gasteiger partial charge in [-0.25, -0.2) is 9.78 Å². The molecular formula is C11H8BrClN2O2. The number of hydrogen-bond acceptors (Lipinski definition) is 3. The maximum absolute atomic E-state index is 11.3. The summed E-state index contributed by atoms with van der Waals surface area (Å²) in [7, 11) is 1.32. The fourth-order valence-electron chi connectivity index (χ4n) is 1.35. The van der Waals surface area contributed by atoms with E-state index >= 15 is 0 Å². The molecule has 2 aromatic rings. The van der Waals surface area contributed by atoms with Crippen molar-refractivity contribution in [3.63, 3.8) is 0 Å². The maximum atomic E-state index is 11.3. The summed E-state index contributed by atoms with van der Waals surface area (Å²) in [6.45, 7) is 0. The molecule has 1 N–H and O–H groups in total. The zero-order chi connectivity index (χ0) is 12.4. The topological polar surface area (TPSA) is 55.0 Å². The molecule has 0 unspecified atom stereocenters. The number of nitrogens with zero attached hydrogens (tertiary/aromatic N) is 1. The Labute approximate surface area is 111 Å². The van der Waals surface area contributed by atoms with Crippen LogP contribution in [0.5, 0.6) is 0 Å². The highest BCUT2D eigenvalue weighted by Gasteiger charge is 2.12. The van der Waals surface area contributed by atoms with Crippen molar-refractivity contribution >= 4 is 33.5 Å². The molecule has 0 atom stereocenters. The van der Waals surface area contributed by atoms with Gasteiger partial charge in [-0.05, 0) is 34.1 Å². The van der Waals surface area contributed by atoms with Gasteiger partial charge in [-0.2, -0.15) is 0 Å². The highest BCUT2D eigenvalue weighted by molar-refractivity contribution is 9.10. The van der Waals surface area contributed by atoms with Crippen molar-refractivity contribution in [1.29, 1.82) is 0 Å². The summed E-state index contributed by atoms with van der Waals surface area (Å²) in [5.41, 5.74) is 1.13. The van der Waals surface area contributed by atoms with Crippen molar-refractivity contribution in [2.75, 3.05) is 7.11 Å². The van der Waals surface area contributed by atoms with Gasteiger partial charge in [0.1, 0.15) is 11.5 Å². The molecule has 1 aromatic heterocycles. The monoisotopic (exact) mass is 314 g/mol. The van der Waals surface area contributed by atoms with E-state index in [9.17, 15) is 4.79 Å². The van der Waals surface area contributed by atoms with Crippen molar-refractivity contribution in [3.05, 3.63) is 39.6 Å². The number of esters is 1. The lowest BCUT2D eigenvalue weighted by Crippen LogP contribution is -2.00. The largest absolute Gasteiger partial charge is 0.464 e. The predicted octanol–water partition coefficient (Wildman–Crippen LogP) is 3.28. The number of H-pyrrole nitrogens is 1. The van der Waals surface area contributed by atoms with Crippen LogP contribution in [0.15, 0.2) is 28.9 Å². The Morgan fingerprint density at radius 3 is 2.94 bits per heavy atom. The molecule has 0 aliphatic rings. The fraction of sp³-hybridized carbons (Fsp3) is 0.0909. The van der Waals surface area contributed by atoms with E-state index in [1.165, 1.54) is 13.3 Å². The second kappa shape index (κ2) is 4.89. The minimum absolute atomic E-state index is 0.310. The van der Waals surface area contributed by atoms with Crippen LogP contribution in [0, 0.1) is 0 Å².